The van der Waals surface area contributed by atoms with Gasteiger partial charge in [-0.2, -0.15) is 0 Å². The van der Waals surface area contributed by atoms with Gasteiger partial charge >= 0.3 is 5.97 Å². The first-order valence-electron chi connectivity index (χ1n) is 14.5. The number of benzene rings is 2. The number of nitrogens with zero attached hydrogens (tertiary/aromatic N) is 1. The van der Waals surface area contributed by atoms with E-state index in [9.17, 15) is 19.2 Å². The van der Waals surface area contributed by atoms with E-state index < -0.39 is 47.7 Å². The van der Waals surface area contributed by atoms with Crippen LogP contribution < -0.4 is 19.7 Å². The van der Waals surface area contributed by atoms with Gasteiger partial charge in [-0.1, -0.05) is 39.0 Å². The number of carbonyl (C=O) groups is 4. The Morgan fingerprint density at radius 2 is 1.79 bits per heavy atom. The first-order chi connectivity index (χ1) is 20.5. The molecule has 2 aromatic rings. The van der Waals surface area contributed by atoms with Gasteiger partial charge < -0.3 is 23.8 Å². The zero-order valence-corrected chi connectivity index (χ0v) is 25.5. The summed E-state index contributed by atoms with van der Waals surface area (Å²) in [5.41, 5.74) is 2.22. The van der Waals surface area contributed by atoms with Gasteiger partial charge in [0.15, 0.2) is 18.1 Å². The number of likely N-dealkylation sites (tertiary alicyclic amines) is 1. The number of methoxy groups -OCH3 is 2. The molecule has 234 valence electrons. The summed E-state index contributed by atoms with van der Waals surface area (Å²) in [7, 11) is 3.11. The third-order valence-corrected chi connectivity index (χ3v) is 7.85. The van der Waals surface area contributed by atoms with E-state index in [0.717, 1.165) is 12.0 Å². The molecular formula is C32H42N2O9. The number of hydrogen-bond donors (Lipinski definition) is 2. The summed E-state index contributed by atoms with van der Waals surface area (Å²) in [5, 5.41) is 8.78. The maximum absolute atomic E-state index is 13.7. The largest absolute Gasteiger partial charge is 0.493 e. The molecule has 1 heterocycles. The van der Waals surface area contributed by atoms with Crippen molar-refractivity contribution in [3.63, 3.8) is 0 Å². The van der Waals surface area contributed by atoms with Gasteiger partial charge in [0.05, 0.1) is 14.2 Å². The van der Waals surface area contributed by atoms with Crippen LogP contribution >= 0.6 is 0 Å². The Kier molecular flexibility index (Phi) is 11.9. The standard InChI is InChI=1S/C32H42N2O9/c1-6-32(2,3)29(36)30(37)34-17-8-7-12-24(34)31(38)43-25(15-13-21-14-16-26(40-4)27(18-21)41-5)22-10-9-11-23(19-22)42-20-28(35)33-39/h9-11,14,16,18-19,24-25,39H,6-8,12-13,15,17,20H2,1-5H3,(H,33,35)/t24-,25+/m0/s1. The minimum absolute atomic E-state index is 0.302. The molecule has 2 aromatic carbocycles. The lowest BCUT2D eigenvalue weighted by molar-refractivity contribution is -0.164. The van der Waals surface area contributed by atoms with Crippen LogP contribution in [0.4, 0.5) is 0 Å². The number of carbonyl (C=O) groups excluding carboxylic acids is 4. The maximum Gasteiger partial charge on any atom is 0.329 e. The molecule has 0 aliphatic carbocycles. The van der Waals surface area contributed by atoms with Gasteiger partial charge in [0, 0.05) is 12.0 Å². The number of piperidine rings is 1. The summed E-state index contributed by atoms with van der Waals surface area (Å²) in [6.07, 6.45) is 2.46. The van der Waals surface area contributed by atoms with E-state index >= 15 is 0 Å². The molecule has 0 spiro atoms. The third-order valence-electron chi connectivity index (χ3n) is 7.85. The zero-order valence-electron chi connectivity index (χ0n) is 25.5. The van der Waals surface area contributed by atoms with Gasteiger partial charge in [0.1, 0.15) is 17.9 Å². The lowest BCUT2D eigenvalue weighted by Crippen LogP contribution is -2.53. The molecule has 2 N–H and O–H groups in total. The van der Waals surface area contributed by atoms with Gasteiger partial charge in [-0.25, -0.2) is 10.3 Å². The minimum atomic E-state index is -0.880. The van der Waals surface area contributed by atoms with Crippen LogP contribution in [-0.2, 0) is 30.3 Å². The van der Waals surface area contributed by atoms with E-state index in [2.05, 4.69) is 0 Å². The molecule has 43 heavy (non-hydrogen) atoms. The van der Waals surface area contributed by atoms with Crippen molar-refractivity contribution in [1.82, 2.24) is 10.4 Å². The van der Waals surface area contributed by atoms with E-state index in [1.807, 2.05) is 19.1 Å². The van der Waals surface area contributed by atoms with E-state index in [1.165, 1.54) is 10.4 Å². The van der Waals surface area contributed by atoms with Crippen LogP contribution in [0, 0.1) is 5.41 Å². The van der Waals surface area contributed by atoms with Crippen molar-refractivity contribution in [2.45, 2.75) is 71.4 Å². The summed E-state index contributed by atoms with van der Waals surface area (Å²) in [4.78, 5) is 52.8. The number of hydrogen-bond acceptors (Lipinski definition) is 9. The Labute approximate surface area is 252 Å². The smallest absolute Gasteiger partial charge is 0.329 e. The van der Waals surface area contributed by atoms with Crippen LogP contribution in [0.2, 0.25) is 0 Å². The molecule has 0 saturated carbocycles. The molecule has 11 nitrogen and oxygen atoms in total. The molecule has 1 aliphatic heterocycles. The number of nitrogens with one attached hydrogen (secondary N) is 1. The predicted molar refractivity (Wildman–Crippen MR) is 157 cm³/mol. The minimum Gasteiger partial charge on any atom is -0.493 e. The summed E-state index contributed by atoms with van der Waals surface area (Å²) in [5.74, 6) is -0.973. The number of amides is 2. The average molecular weight is 599 g/mol. The molecule has 3 rings (SSSR count). The lowest BCUT2D eigenvalue weighted by Gasteiger charge is -2.36. The highest BCUT2D eigenvalue weighted by Gasteiger charge is 2.41. The number of esters is 1. The van der Waals surface area contributed by atoms with E-state index in [4.69, 9.17) is 24.2 Å². The summed E-state index contributed by atoms with van der Waals surface area (Å²) >= 11 is 0. The number of aryl methyl sites for hydroxylation is 1. The van der Waals surface area contributed by atoms with Crippen LogP contribution in [-0.4, -0.2) is 67.1 Å². The maximum atomic E-state index is 13.7. The number of Topliss-reactive ketones (excluding diaryl/α,β-unsaturated/α-hetero) is 1. The van der Waals surface area contributed by atoms with Gasteiger partial charge in [-0.15, -0.1) is 0 Å². The fourth-order valence-corrected chi connectivity index (χ4v) is 4.83. The quantitative estimate of drug-likeness (QED) is 0.142. The van der Waals surface area contributed by atoms with Gasteiger partial charge in [0.2, 0.25) is 5.78 Å². The second-order valence-electron chi connectivity index (χ2n) is 11.1. The zero-order chi connectivity index (χ0) is 31.6. The van der Waals surface area contributed by atoms with E-state index in [0.29, 0.717) is 61.5 Å². The molecule has 2 atom stereocenters. The number of hydroxylamine groups is 1. The highest BCUT2D eigenvalue weighted by atomic mass is 16.5. The highest BCUT2D eigenvalue weighted by molar-refractivity contribution is 6.38. The van der Waals surface area contributed by atoms with Crippen LogP contribution in [0.1, 0.15) is 70.1 Å². The van der Waals surface area contributed by atoms with Crippen LogP contribution in [0.3, 0.4) is 0 Å². The second kappa shape index (κ2) is 15.4. The first-order valence-corrected chi connectivity index (χ1v) is 14.5. The predicted octanol–water partition coefficient (Wildman–Crippen LogP) is 4.19. The average Bonchev–Trinajstić information content (AvgIpc) is 3.04. The highest BCUT2D eigenvalue weighted by Crippen LogP contribution is 2.32. The van der Waals surface area contributed by atoms with Crippen molar-refractivity contribution in [3.8, 4) is 17.2 Å². The lowest BCUT2D eigenvalue weighted by atomic mass is 9.84. The van der Waals surface area contributed by atoms with E-state index in [-0.39, 0.29) is 0 Å². The Balaban J connectivity index is 1.87. The van der Waals surface area contributed by atoms with Crippen molar-refractivity contribution >= 4 is 23.6 Å². The van der Waals surface area contributed by atoms with Crippen molar-refractivity contribution < 1.29 is 43.3 Å². The fourth-order valence-electron chi connectivity index (χ4n) is 4.83. The number of rotatable bonds is 14. The van der Waals surface area contributed by atoms with Crippen molar-refractivity contribution in [1.29, 1.82) is 0 Å². The summed E-state index contributed by atoms with van der Waals surface area (Å²) in [6.45, 7) is 5.21. The first kappa shape index (κ1) is 33.4. The van der Waals surface area contributed by atoms with Crippen molar-refractivity contribution in [3.05, 3.63) is 53.6 Å². The topological polar surface area (TPSA) is 141 Å². The SMILES string of the molecule is CCC(C)(C)C(=O)C(=O)N1CCCC[C@H]1C(=O)O[C@H](CCc1ccc(OC)c(OC)c1)c1cccc(OCC(=O)NO)c1. The molecule has 1 fully saturated rings. The Morgan fingerprint density at radius 3 is 2.47 bits per heavy atom. The number of ketones is 1. The molecule has 2 amide bonds. The normalized spacial score (nSPS) is 15.7. The molecule has 0 radical (unpaired) electrons. The van der Waals surface area contributed by atoms with Gasteiger partial charge in [0.25, 0.3) is 11.8 Å². The molecular weight excluding hydrogens is 556 g/mol. The molecule has 1 aliphatic rings. The molecule has 1 saturated heterocycles. The molecule has 0 bridgehead atoms. The molecule has 0 unspecified atom stereocenters. The Morgan fingerprint density at radius 1 is 1.05 bits per heavy atom. The summed E-state index contributed by atoms with van der Waals surface area (Å²) < 4.78 is 22.3. The van der Waals surface area contributed by atoms with Crippen molar-refractivity contribution in [2.24, 2.45) is 5.41 Å². The van der Waals surface area contributed by atoms with Crippen LogP contribution in [0.15, 0.2) is 42.5 Å². The third kappa shape index (κ3) is 8.70. The van der Waals surface area contributed by atoms with E-state index in [1.54, 1.807) is 58.4 Å². The second-order valence-corrected chi connectivity index (χ2v) is 11.1. The monoisotopic (exact) mass is 598 g/mol. The Bertz CT molecular complexity index is 1290. The molecule has 11 heteroatoms. The Hall–Kier alpha value is -4.12. The summed E-state index contributed by atoms with van der Waals surface area (Å²) in [6, 6.07) is 11.5. The van der Waals surface area contributed by atoms with Crippen molar-refractivity contribution in [2.75, 3.05) is 27.4 Å². The van der Waals surface area contributed by atoms with Gasteiger partial charge in [-0.3, -0.25) is 19.6 Å². The van der Waals surface area contributed by atoms with Crippen LogP contribution in [0.25, 0.3) is 0 Å². The van der Waals surface area contributed by atoms with Crippen LogP contribution in [0.5, 0.6) is 17.2 Å². The van der Waals surface area contributed by atoms with Gasteiger partial charge in [-0.05, 0) is 73.9 Å². The number of ether oxygens (including phenoxy) is 4. The molecule has 0 aromatic heterocycles. The fraction of sp³-hybridized carbons (Fsp3) is 0.500.